The Morgan fingerprint density at radius 3 is 2.81 bits per heavy atom. The lowest BCUT2D eigenvalue weighted by Gasteiger charge is -2.10. The molecule has 1 rings (SSSR count). The van der Waals surface area contributed by atoms with E-state index in [1.165, 1.54) is 13.2 Å². The number of hydrogen-bond acceptors (Lipinski definition) is 3. The van der Waals surface area contributed by atoms with Crippen LogP contribution < -0.4 is 10.1 Å². The molecule has 1 atom stereocenters. The highest BCUT2D eigenvalue weighted by Gasteiger charge is 2.04. The maximum absolute atomic E-state index is 13.3. The first-order chi connectivity index (χ1) is 7.67. The highest BCUT2D eigenvalue weighted by Crippen LogP contribution is 2.17. The molecule has 0 heterocycles. The maximum atomic E-state index is 13.3. The van der Waals surface area contributed by atoms with Gasteiger partial charge in [-0.25, -0.2) is 4.39 Å². The highest BCUT2D eigenvalue weighted by atomic mass is 19.1. The maximum Gasteiger partial charge on any atom is 0.165 e. The van der Waals surface area contributed by atoms with Crippen LogP contribution in [-0.4, -0.2) is 31.4 Å². The van der Waals surface area contributed by atoms with Crippen LogP contribution in [0.15, 0.2) is 18.2 Å². The molecule has 0 radical (unpaired) electrons. The molecule has 90 valence electrons. The number of nitrogens with one attached hydrogen (secondary N) is 1. The SMILES string of the molecule is COc1ccc(CCNC(C)CO)cc1F. The van der Waals surface area contributed by atoms with Gasteiger partial charge in [-0.05, 0) is 37.6 Å². The second kappa shape index (κ2) is 6.45. The van der Waals surface area contributed by atoms with Crippen LogP contribution in [0.5, 0.6) is 5.75 Å². The second-order valence-corrected chi connectivity index (χ2v) is 3.76. The summed E-state index contributed by atoms with van der Waals surface area (Å²) in [6, 6.07) is 5.01. The fourth-order valence-corrected chi connectivity index (χ4v) is 1.39. The topological polar surface area (TPSA) is 41.5 Å². The molecular formula is C12H18FNO2. The predicted molar refractivity (Wildman–Crippen MR) is 61.2 cm³/mol. The molecule has 3 nitrogen and oxygen atoms in total. The van der Waals surface area contributed by atoms with Crippen LogP contribution >= 0.6 is 0 Å². The van der Waals surface area contributed by atoms with E-state index in [0.717, 1.165) is 12.0 Å². The van der Waals surface area contributed by atoms with Crippen molar-refractivity contribution in [2.45, 2.75) is 19.4 Å². The van der Waals surface area contributed by atoms with Gasteiger partial charge in [0.25, 0.3) is 0 Å². The van der Waals surface area contributed by atoms with Crippen LogP contribution in [0, 0.1) is 5.82 Å². The third-order valence-electron chi connectivity index (χ3n) is 2.40. The average molecular weight is 227 g/mol. The minimum absolute atomic E-state index is 0.0723. The van der Waals surface area contributed by atoms with E-state index in [4.69, 9.17) is 9.84 Å². The Balaban J connectivity index is 2.46. The number of methoxy groups -OCH3 is 1. The zero-order valence-corrected chi connectivity index (χ0v) is 9.66. The lowest BCUT2D eigenvalue weighted by atomic mass is 10.1. The van der Waals surface area contributed by atoms with Crippen molar-refractivity contribution in [3.8, 4) is 5.75 Å². The number of halogens is 1. The number of rotatable bonds is 6. The van der Waals surface area contributed by atoms with Crippen molar-refractivity contribution >= 4 is 0 Å². The number of ether oxygens (including phenoxy) is 1. The van der Waals surface area contributed by atoms with E-state index >= 15 is 0 Å². The summed E-state index contributed by atoms with van der Waals surface area (Å²) in [6.07, 6.45) is 0.727. The highest BCUT2D eigenvalue weighted by molar-refractivity contribution is 5.29. The first-order valence-corrected chi connectivity index (χ1v) is 5.34. The van der Waals surface area contributed by atoms with Gasteiger partial charge >= 0.3 is 0 Å². The average Bonchev–Trinajstić information content (AvgIpc) is 2.29. The van der Waals surface area contributed by atoms with E-state index in [2.05, 4.69) is 5.32 Å². The molecule has 0 amide bonds. The molecule has 16 heavy (non-hydrogen) atoms. The summed E-state index contributed by atoms with van der Waals surface area (Å²) in [6.45, 7) is 2.72. The summed E-state index contributed by atoms with van der Waals surface area (Å²) < 4.78 is 18.2. The van der Waals surface area contributed by atoms with E-state index in [1.54, 1.807) is 6.07 Å². The van der Waals surface area contributed by atoms with Crippen molar-refractivity contribution in [3.63, 3.8) is 0 Å². The van der Waals surface area contributed by atoms with E-state index in [9.17, 15) is 4.39 Å². The molecule has 0 saturated carbocycles. The van der Waals surface area contributed by atoms with E-state index in [0.29, 0.717) is 6.54 Å². The van der Waals surface area contributed by atoms with Crippen molar-refractivity contribution in [2.24, 2.45) is 0 Å². The van der Waals surface area contributed by atoms with Gasteiger partial charge in [0.05, 0.1) is 13.7 Å². The van der Waals surface area contributed by atoms with Gasteiger partial charge in [0.15, 0.2) is 11.6 Å². The zero-order chi connectivity index (χ0) is 12.0. The third-order valence-corrected chi connectivity index (χ3v) is 2.40. The van der Waals surface area contributed by atoms with Crippen molar-refractivity contribution in [2.75, 3.05) is 20.3 Å². The first-order valence-electron chi connectivity index (χ1n) is 5.34. The molecule has 0 aliphatic heterocycles. The van der Waals surface area contributed by atoms with E-state index < -0.39 is 0 Å². The van der Waals surface area contributed by atoms with Crippen molar-refractivity contribution in [1.29, 1.82) is 0 Å². The van der Waals surface area contributed by atoms with Gasteiger partial charge in [-0.15, -0.1) is 0 Å². The molecule has 0 aliphatic carbocycles. The summed E-state index contributed by atoms with van der Waals surface area (Å²) in [5.41, 5.74) is 0.913. The Morgan fingerprint density at radius 1 is 1.50 bits per heavy atom. The molecule has 0 aromatic heterocycles. The smallest absolute Gasteiger partial charge is 0.165 e. The molecular weight excluding hydrogens is 209 g/mol. The molecule has 4 heteroatoms. The summed E-state index contributed by atoms with van der Waals surface area (Å²) >= 11 is 0. The van der Waals surface area contributed by atoms with Gasteiger partial charge in [-0.3, -0.25) is 0 Å². The molecule has 0 saturated heterocycles. The van der Waals surface area contributed by atoms with Crippen LogP contribution in [0.2, 0.25) is 0 Å². The Kier molecular flexibility index (Phi) is 5.22. The second-order valence-electron chi connectivity index (χ2n) is 3.76. The number of aliphatic hydroxyl groups excluding tert-OH is 1. The molecule has 0 aliphatic rings. The van der Waals surface area contributed by atoms with Crippen LogP contribution in [0.3, 0.4) is 0 Å². The summed E-state index contributed by atoms with van der Waals surface area (Å²) in [7, 11) is 1.45. The Morgan fingerprint density at radius 2 is 2.25 bits per heavy atom. The zero-order valence-electron chi connectivity index (χ0n) is 9.66. The molecule has 1 unspecified atom stereocenters. The minimum atomic E-state index is -0.338. The van der Waals surface area contributed by atoms with E-state index in [1.807, 2.05) is 13.0 Å². The van der Waals surface area contributed by atoms with Crippen LogP contribution in [0.25, 0.3) is 0 Å². The summed E-state index contributed by atoms with van der Waals surface area (Å²) in [5.74, 6) is -0.0735. The molecule has 0 fully saturated rings. The minimum Gasteiger partial charge on any atom is -0.494 e. The van der Waals surface area contributed by atoms with Crippen LogP contribution in [0.1, 0.15) is 12.5 Å². The lowest BCUT2D eigenvalue weighted by molar-refractivity contribution is 0.252. The van der Waals surface area contributed by atoms with Gasteiger partial charge in [-0.2, -0.15) is 0 Å². The fourth-order valence-electron chi connectivity index (χ4n) is 1.39. The molecule has 0 spiro atoms. The number of benzene rings is 1. The van der Waals surface area contributed by atoms with Gasteiger partial charge in [0.1, 0.15) is 0 Å². The standard InChI is InChI=1S/C12H18FNO2/c1-9(8-15)14-6-5-10-3-4-12(16-2)11(13)7-10/h3-4,7,9,14-15H,5-6,8H2,1-2H3. The predicted octanol–water partition coefficient (Wildman–Crippen LogP) is 1.35. The largest absolute Gasteiger partial charge is 0.494 e. The normalized spacial score (nSPS) is 12.5. The van der Waals surface area contributed by atoms with Crippen molar-refractivity contribution in [1.82, 2.24) is 5.32 Å². The summed E-state index contributed by atoms with van der Waals surface area (Å²) in [5, 5.41) is 11.9. The van der Waals surface area contributed by atoms with E-state index in [-0.39, 0.29) is 24.2 Å². The number of aliphatic hydroxyl groups is 1. The van der Waals surface area contributed by atoms with Crippen molar-refractivity contribution in [3.05, 3.63) is 29.6 Å². The Bertz CT molecular complexity index is 331. The number of hydrogen-bond donors (Lipinski definition) is 2. The van der Waals surface area contributed by atoms with Gasteiger partial charge in [-0.1, -0.05) is 6.07 Å². The van der Waals surface area contributed by atoms with Gasteiger partial charge in [0, 0.05) is 6.04 Å². The molecule has 1 aromatic rings. The summed E-state index contributed by atoms with van der Waals surface area (Å²) in [4.78, 5) is 0. The van der Waals surface area contributed by atoms with Crippen LogP contribution in [-0.2, 0) is 6.42 Å². The Hall–Kier alpha value is -1.13. The quantitative estimate of drug-likeness (QED) is 0.770. The Labute approximate surface area is 95.2 Å². The van der Waals surface area contributed by atoms with Gasteiger partial charge in [0.2, 0.25) is 0 Å². The van der Waals surface area contributed by atoms with Crippen LogP contribution in [0.4, 0.5) is 4.39 Å². The third kappa shape index (κ3) is 3.79. The molecule has 0 bridgehead atoms. The first kappa shape index (κ1) is 12.9. The molecule has 1 aromatic carbocycles. The fraction of sp³-hybridized carbons (Fsp3) is 0.500. The molecule has 2 N–H and O–H groups in total. The lowest BCUT2D eigenvalue weighted by Crippen LogP contribution is -2.30. The van der Waals surface area contributed by atoms with Crippen molar-refractivity contribution < 1.29 is 14.2 Å². The van der Waals surface area contributed by atoms with Gasteiger partial charge < -0.3 is 15.2 Å². The monoisotopic (exact) mass is 227 g/mol.